The van der Waals surface area contributed by atoms with E-state index in [4.69, 9.17) is 33.2 Å². The molecule has 2 aromatic rings. The molecule has 9 atom stereocenters. The number of benzene rings is 2. The van der Waals surface area contributed by atoms with E-state index >= 15 is 0 Å². The highest BCUT2D eigenvalue weighted by Crippen LogP contribution is 2.55. The van der Waals surface area contributed by atoms with Crippen LogP contribution < -0.4 is 29.0 Å². The maximum atomic E-state index is 13.5. The molecule has 0 unspecified atom stereocenters. The number of esters is 1. The number of carbonyl (C=O) groups excluding carboxylic acids is 2. The topological polar surface area (TPSA) is 212 Å². The molecule has 15 nitrogen and oxygen atoms in total. The van der Waals surface area contributed by atoms with E-state index in [1.807, 2.05) is 0 Å². The predicted octanol–water partition coefficient (Wildman–Crippen LogP) is -0.914. The number of ether oxygens (including phenoxy) is 7. The van der Waals surface area contributed by atoms with Crippen molar-refractivity contribution in [2.75, 3.05) is 41.3 Å². The number of amides is 1. The van der Waals surface area contributed by atoms with Crippen molar-refractivity contribution in [1.82, 2.24) is 5.32 Å². The summed E-state index contributed by atoms with van der Waals surface area (Å²) in [5.41, 5.74) is 1.87. The lowest BCUT2D eigenvalue weighted by atomic mass is 9.65. The van der Waals surface area contributed by atoms with Crippen LogP contribution in [0.4, 0.5) is 0 Å². The molecule has 2 saturated heterocycles. The third-order valence-electron chi connectivity index (χ3n) is 9.02. The lowest BCUT2D eigenvalue weighted by Crippen LogP contribution is -2.66. The van der Waals surface area contributed by atoms with E-state index in [0.29, 0.717) is 45.4 Å². The summed E-state index contributed by atoms with van der Waals surface area (Å²) in [6, 6.07) is 6.12. The van der Waals surface area contributed by atoms with Crippen molar-refractivity contribution >= 4 is 11.9 Å². The Bertz CT molecular complexity index is 1460. The second-order valence-corrected chi connectivity index (χ2v) is 11.4. The summed E-state index contributed by atoms with van der Waals surface area (Å²) in [5.74, 6) is -3.95. The van der Waals surface area contributed by atoms with Crippen LogP contribution in [-0.2, 0) is 19.1 Å². The molecule has 45 heavy (non-hydrogen) atoms. The largest absolute Gasteiger partial charge is 0.493 e. The van der Waals surface area contributed by atoms with Crippen LogP contribution in [0.3, 0.4) is 0 Å². The van der Waals surface area contributed by atoms with Gasteiger partial charge in [0.25, 0.3) is 0 Å². The Morgan fingerprint density at radius 3 is 2.20 bits per heavy atom. The average Bonchev–Trinajstić information content (AvgIpc) is 3.66. The van der Waals surface area contributed by atoms with Crippen molar-refractivity contribution in [3.05, 3.63) is 41.0 Å². The first-order valence-electron chi connectivity index (χ1n) is 14.3. The first kappa shape index (κ1) is 31.1. The summed E-state index contributed by atoms with van der Waals surface area (Å²) in [6.07, 6.45) is -7.98. The highest BCUT2D eigenvalue weighted by Gasteiger charge is 2.56. The van der Waals surface area contributed by atoms with Crippen LogP contribution in [0.25, 0.3) is 0 Å². The number of hydrogen-bond donors (Lipinski definition) is 6. The van der Waals surface area contributed by atoms with Gasteiger partial charge in [0.2, 0.25) is 24.2 Å². The van der Waals surface area contributed by atoms with Crippen LogP contribution in [0.1, 0.15) is 35.1 Å². The number of cyclic esters (lactones) is 1. The van der Waals surface area contributed by atoms with Gasteiger partial charge in [-0.05, 0) is 41.0 Å². The number of hydrogen-bond acceptors (Lipinski definition) is 14. The predicted molar refractivity (Wildman–Crippen MR) is 149 cm³/mol. The highest BCUT2D eigenvalue weighted by molar-refractivity contribution is 5.81. The number of nitrogens with one attached hydrogen (secondary N) is 1. The fourth-order valence-electron chi connectivity index (χ4n) is 6.85. The van der Waals surface area contributed by atoms with Crippen LogP contribution in [0.15, 0.2) is 24.3 Å². The molecule has 6 N–H and O–H groups in total. The number of aliphatic hydroxyl groups excluding tert-OH is 4. The molecular weight excluding hydrogens is 598 g/mol. The van der Waals surface area contributed by atoms with Crippen molar-refractivity contribution in [3.63, 3.8) is 0 Å². The SMILES string of the molecule is COc1cc([C@@H]2c3cc4c(cc3[C@@H](NC(=O)C[C@]3(O)O[C@H](CO)[C@H](O)[C@H](O)[C@H]3O)[C@H]3COC(=O)[C@H]23)OCO4)cc(OC)c1OC. The molecule has 1 aliphatic carbocycles. The molecule has 0 radical (unpaired) electrons. The number of methoxy groups -OCH3 is 3. The van der Waals surface area contributed by atoms with Crippen molar-refractivity contribution < 1.29 is 68.3 Å². The Morgan fingerprint density at radius 1 is 0.956 bits per heavy atom. The van der Waals surface area contributed by atoms with Gasteiger partial charge in [0.1, 0.15) is 24.4 Å². The Hall–Kier alpha value is -3.86. The minimum atomic E-state index is -2.64. The molecule has 6 rings (SSSR count). The van der Waals surface area contributed by atoms with Gasteiger partial charge in [0, 0.05) is 11.8 Å². The number of fused-ring (bicyclic) bond motifs is 3. The van der Waals surface area contributed by atoms with Gasteiger partial charge < -0.3 is 64.0 Å². The van der Waals surface area contributed by atoms with Crippen molar-refractivity contribution in [3.8, 4) is 28.7 Å². The number of aliphatic hydroxyl groups is 5. The zero-order valence-corrected chi connectivity index (χ0v) is 24.7. The summed E-state index contributed by atoms with van der Waals surface area (Å²) < 4.78 is 38.8. The molecule has 0 aromatic heterocycles. The van der Waals surface area contributed by atoms with E-state index in [0.717, 1.165) is 0 Å². The van der Waals surface area contributed by atoms with E-state index in [9.17, 15) is 35.1 Å². The number of rotatable bonds is 8. The van der Waals surface area contributed by atoms with Crippen LogP contribution in [-0.4, -0.2) is 109 Å². The van der Waals surface area contributed by atoms with Crippen LogP contribution in [0.2, 0.25) is 0 Å². The maximum absolute atomic E-state index is 13.5. The quantitative estimate of drug-likeness (QED) is 0.194. The third kappa shape index (κ3) is 5.09. The van der Waals surface area contributed by atoms with Gasteiger partial charge in [-0.2, -0.15) is 0 Å². The Labute approximate surface area is 257 Å². The number of carbonyl (C=O) groups is 2. The van der Waals surface area contributed by atoms with Gasteiger partial charge >= 0.3 is 5.97 Å². The van der Waals surface area contributed by atoms with Gasteiger partial charge in [0.15, 0.2) is 23.0 Å². The van der Waals surface area contributed by atoms with Crippen molar-refractivity contribution in [2.24, 2.45) is 11.8 Å². The van der Waals surface area contributed by atoms with Gasteiger partial charge in [-0.1, -0.05) is 0 Å². The van der Waals surface area contributed by atoms with Gasteiger partial charge in [-0.3, -0.25) is 9.59 Å². The standard InChI is InChI=1S/C30H35NO14/c1-39-18-4-12(5-19(40-2)27(18)41-3)22-13-6-16-17(44-11-43-16)7-14(13)24(15-10-42-29(37)23(15)22)31-21(33)8-30(38)28(36)26(35)25(34)20(9-32)45-30/h4-7,15,20,22-26,28,32,34-36,38H,8-11H2,1-3H3,(H,31,33)/t15-,20+,22+,23-,24+,25-,26-,28+,30-/m0/s1. The molecular formula is C30H35NO14. The Morgan fingerprint density at radius 2 is 1.60 bits per heavy atom. The van der Waals surface area contributed by atoms with Gasteiger partial charge in [-0.25, -0.2) is 0 Å². The van der Waals surface area contributed by atoms with Crippen molar-refractivity contribution in [1.29, 1.82) is 0 Å². The van der Waals surface area contributed by atoms with Gasteiger partial charge in [0.05, 0.1) is 52.9 Å². The smallest absolute Gasteiger partial charge is 0.310 e. The van der Waals surface area contributed by atoms with E-state index in [1.165, 1.54) is 21.3 Å². The molecule has 3 aliphatic heterocycles. The lowest BCUT2D eigenvalue weighted by Gasteiger charge is -2.45. The van der Waals surface area contributed by atoms with Crippen LogP contribution in [0, 0.1) is 11.8 Å². The molecule has 0 bridgehead atoms. The lowest BCUT2D eigenvalue weighted by molar-refractivity contribution is -0.348. The molecule has 15 heteroatoms. The molecule has 2 aromatic carbocycles. The summed E-state index contributed by atoms with van der Waals surface area (Å²) in [5, 5.41) is 54.2. The molecule has 1 amide bonds. The van der Waals surface area contributed by atoms with Crippen LogP contribution >= 0.6 is 0 Å². The highest BCUT2D eigenvalue weighted by atomic mass is 16.7. The minimum absolute atomic E-state index is 0.0263. The second-order valence-electron chi connectivity index (χ2n) is 11.4. The second kappa shape index (κ2) is 11.8. The zero-order chi connectivity index (χ0) is 32.2. The first-order chi connectivity index (χ1) is 21.5. The molecule has 0 spiro atoms. The minimum Gasteiger partial charge on any atom is -0.493 e. The summed E-state index contributed by atoms with van der Waals surface area (Å²) in [6.45, 7) is -0.852. The van der Waals surface area contributed by atoms with E-state index in [2.05, 4.69) is 5.32 Å². The fraction of sp³-hybridized carbons (Fsp3) is 0.533. The maximum Gasteiger partial charge on any atom is 0.310 e. The summed E-state index contributed by atoms with van der Waals surface area (Å²) in [7, 11) is 4.44. The molecule has 3 heterocycles. The first-order valence-corrected chi connectivity index (χ1v) is 14.3. The molecule has 4 aliphatic rings. The molecule has 0 saturated carbocycles. The normalized spacial score (nSPS) is 33.1. The Kier molecular flexibility index (Phi) is 8.18. The fourth-order valence-corrected chi connectivity index (χ4v) is 6.85. The summed E-state index contributed by atoms with van der Waals surface area (Å²) in [4.78, 5) is 26.9. The third-order valence-corrected chi connectivity index (χ3v) is 9.02. The summed E-state index contributed by atoms with van der Waals surface area (Å²) >= 11 is 0. The van der Waals surface area contributed by atoms with E-state index in [-0.39, 0.29) is 13.4 Å². The monoisotopic (exact) mass is 633 g/mol. The molecule has 244 valence electrons. The zero-order valence-electron chi connectivity index (χ0n) is 24.7. The van der Waals surface area contributed by atoms with Gasteiger partial charge in [-0.15, -0.1) is 0 Å². The average molecular weight is 634 g/mol. The Balaban J connectivity index is 1.41. The van der Waals surface area contributed by atoms with Crippen LogP contribution in [0.5, 0.6) is 28.7 Å². The van der Waals surface area contributed by atoms with Crippen molar-refractivity contribution in [2.45, 2.75) is 48.6 Å². The van der Waals surface area contributed by atoms with E-state index in [1.54, 1.807) is 24.3 Å². The molecule has 2 fully saturated rings. The van der Waals surface area contributed by atoms with E-state index < -0.39 is 78.9 Å².